The molecule has 0 aliphatic heterocycles. The third-order valence-electron chi connectivity index (χ3n) is 7.98. The van der Waals surface area contributed by atoms with Crippen molar-refractivity contribution in [1.82, 2.24) is 0 Å². The number of carbonyl (C=O) groups is 1. The fourth-order valence-electron chi connectivity index (χ4n) is 6.67. The highest BCUT2D eigenvalue weighted by atomic mass is 16.3. The van der Waals surface area contributed by atoms with Crippen LogP contribution in [-0.2, 0) is 4.79 Å². The summed E-state index contributed by atoms with van der Waals surface area (Å²) in [6, 6.07) is 0. The molecule has 0 saturated heterocycles. The number of Topliss-reactive ketones (excluding diaryl/α,β-unsaturated/α-hetero) is 1. The van der Waals surface area contributed by atoms with Crippen LogP contribution < -0.4 is 0 Å². The zero-order chi connectivity index (χ0) is 17.3. The van der Waals surface area contributed by atoms with Gasteiger partial charge in [0.25, 0.3) is 0 Å². The number of fused-ring (bicyclic) bond motifs is 5. The van der Waals surface area contributed by atoms with E-state index in [1.165, 1.54) is 0 Å². The Balaban J connectivity index is 1.81. The van der Waals surface area contributed by atoms with Crippen LogP contribution >= 0.6 is 0 Å². The molecule has 0 radical (unpaired) electrons. The van der Waals surface area contributed by atoms with E-state index in [4.69, 9.17) is 0 Å². The van der Waals surface area contributed by atoms with Gasteiger partial charge in [-0.3, -0.25) is 4.79 Å². The van der Waals surface area contributed by atoms with Gasteiger partial charge in [-0.15, -0.1) is 0 Å². The molecule has 0 heterocycles. The average Bonchev–Trinajstić information content (AvgIpc) is 2.86. The lowest BCUT2D eigenvalue weighted by atomic mass is 9.46. The second-order valence-corrected chi connectivity index (χ2v) is 8.89. The predicted octanol–water partition coefficient (Wildman–Crippen LogP) is 3.82. The second-order valence-electron chi connectivity index (χ2n) is 8.89. The molecular formula is C20H28O4. The highest BCUT2D eigenvalue weighted by molar-refractivity contribution is 5.87. The summed E-state index contributed by atoms with van der Waals surface area (Å²) in [5.74, 6) is 1.64. The summed E-state index contributed by atoms with van der Waals surface area (Å²) in [6.07, 6.45) is 5.97. The minimum atomic E-state index is -0.818. The van der Waals surface area contributed by atoms with E-state index in [1.807, 2.05) is 0 Å². The van der Waals surface area contributed by atoms with Crippen molar-refractivity contribution >= 4 is 5.78 Å². The van der Waals surface area contributed by atoms with Gasteiger partial charge in [0.1, 0.15) is 17.6 Å². The van der Waals surface area contributed by atoms with E-state index in [9.17, 15) is 20.1 Å². The maximum absolute atomic E-state index is 12.5. The van der Waals surface area contributed by atoms with Crippen LogP contribution in [0.2, 0.25) is 0 Å². The largest absolute Gasteiger partial charge is 0.515 e. The zero-order valence-electron chi connectivity index (χ0n) is 14.6. The van der Waals surface area contributed by atoms with Gasteiger partial charge in [0.05, 0.1) is 6.26 Å². The lowest BCUT2D eigenvalue weighted by molar-refractivity contribution is -0.132. The Morgan fingerprint density at radius 2 is 1.75 bits per heavy atom. The van der Waals surface area contributed by atoms with Gasteiger partial charge in [0.2, 0.25) is 0 Å². The molecule has 3 N–H and O–H groups in total. The SMILES string of the molecule is C[C@]12CC[C@H](O)C(O)=C1/C(=C/O)C[C@@H]1[C@@H]2CC[C@]2(C)C(=O)CC[C@@H]12. The summed E-state index contributed by atoms with van der Waals surface area (Å²) in [5.41, 5.74) is 1.13. The molecule has 3 fully saturated rings. The summed E-state index contributed by atoms with van der Waals surface area (Å²) >= 11 is 0. The first-order chi connectivity index (χ1) is 11.3. The van der Waals surface area contributed by atoms with Crippen LogP contribution in [0.15, 0.2) is 23.2 Å². The van der Waals surface area contributed by atoms with Crippen molar-refractivity contribution in [2.45, 2.75) is 64.9 Å². The molecule has 0 aromatic rings. The number of aliphatic hydroxyl groups is 3. The van der Waals surface area contributed by atoms with E-state index in [-0.39, 0.29) is 16.6 Å². The number of aliphatic hydroxyl groups excluding tert-OH is 3. The Morgan fingerprint density at radius 3 is 2.46 bits per heavy atom. The molecular weight excluding hydrogens is 304 g/mol. The molecule has 0 aromatic carbocycles. The summed E-state index contributed by atoms with van der Waals surface area (Å²) < 4.78 is 0. The lowest BCUT2D eigenvalue weighted by Gasteiger charge is -2.57. The molecule has 4 aliphatic carbocycles. The Kier molecular flexibility index (Phi) is 3.44. The molecule has 4 nitrogen and oxygen atoms in total. The van der Waals surface area contributed by atoms with Crippen molar-refractivity contribution in [3.05, 3.63) is 23.2 Å². The number of carbonyl (C=O) groups excluding carboxylic acids is 1. The fraction of sp³-hybridized carbons (Fsp3) is 0.750. The van der Waals surface area contributed by atoms with Gasteiger partial charge in [-0.1, -0.05) is 13.8 Å². The van der Waals surface area contributed by atoms with Crippen LogP contribution in [0.1, 0.15) is 58.8 Å². The quantitative estimate of drug-likeness (QED) is 0.589. The molecule has 0 spiro atoms. The van der Waals surface area contributed by atoms with E-state index >= 15 is 0 Å². The molecule has 3 saturated carbocycles. The van der Waals surface area contributed by atoms with Crippen LogP contribution in [0.25, 0.3) is 0 Å². The Bertz CT molecular complexity index is 648. The van der Waals surface area contributed by atoms with Crippen molar-refractivity contribution in [2.75, 3.05) is 0 Å². The Morgan fingerprint density at radius 1 is 1.08 bits per heavy atom. The van der Waals surface area contributed by atoms with E-state index in [0.29, 0.717) is 42.8 Å². The van der Waals surface area contributed by atoms with Crippen molar-refractivity contribution in [3.63, 3.8) is 0 Å². The molecule has 0 bridgehead atoms. The first-order valence-corrected chi connectivity index (χ1v) is 9.31. The predicted molar refractivity (Wildman–Crippen MR) is 90.4 cm³/mol. The summed E-state index contributed by atoms with van der Waals surface area (Å²) in [6.45, 7) is 4.32. The molecule has 0 aromatic heterocycles. The standard InChI is InChI=1S/C20H28O4/c1-19-7-5-14-12(13(19)3-4-16(19)23)9-11(10-21)17-18(24)15(22)6-8-20(14,17)2/h10,12-15,21-22,24H,3-9H2,1-2H3/b11-10+/t12-,13-,14-,15-,19-,20+/m0/s1. The molecule has 0 amide bonds. The van der Waals surface area contributed by atoms with Crippen LogP contribution in [-0.4, -0.2) is 27.2 Å². The average molecular weight is 332 g/mol. The smallest absolute Gasteiger partial charge is 0.139 e. The molecule has 132 valence electrons. The molecule has 4 aliphatic rings. The number of rotatable bonds is 0. The van der Waals surface area contributed by atoms with Gasteiger partial charge < -0.3 is 15.3 Å². The van der Waals surface area contributed by atoms with Crippen LogP contribution in [0.3, 0.4) is 0 Å². The normalized spacial score (nSPS) is 49.8. The van der Waals surface area contributed by atoms with E-state index < -0.39 is 6.10 Å². The summed E-state index contributed by atoms with van der Waals surface area (Å²) in [4.78, 5) is 12.5. The maximum Gasteiger partial charge on any atom is 0.139 e. The van der Waals surface area contributed by atoms with Gasteiger partial charge in [-0.2, -0.15) is 0 Å². The summed E-state index contributed by atoms with van der Waals surface area (Å²) in [5, 5.41) is 30.5. The number of allylic oxidation sites excluding steroid dienone is 2. The lowest BCUT2D eigenvalue weighted by Crippen LogP contribution is -2.52. The van der Waals surface area contributed by atoms with Gasteiger partial charge in [0.15, 0.2) is 0 Å². The highest BCUT2D eigenvalue weighted by Gasteiger charge is 2.60. The minimum absolute atomic E-state index is 0.0540. The van der Waals surface area contributed by atoms with Gasteiger partial charge in [-0.05, 0) is 67.3 Å². The number of hydrogen-bond donors (Lipinski definition) is 3. The van der Waals surface area contributed by atoms with Crippen molar-refractivity contribution in [2.24, 2.45) is 28.6 Å². The summed E-state index contributed by atoms with van der Waals surface area (Å²) in [7, 11) is 0. The molecule has 4 rings (SSSR count). The molecule has 4 heteroatoms. The molecule has 6 atom stereocenters. The first-order valence-electron chi connectivity index (χ1n) is 9.31. The maximum atomic E-state index is 12.5. The van der Waals surface area contributed by atoms with Crippen LogP contribution in [0.5, 0.6) is 0 Å². The van der Waals surface area contributed by atoms with Gasteiger partial charge in [0, 0.05) is 17.4 Å². The zero-order valence-corrected chi connectivity index (χ0v) is 14.6. The number of hydrogen-bond acceptors (Lipinski definition) is 4. The third-order valence-corrected chi connectivity index (χ3v) is 7.98. The molecule has 0 unspecified atom stereocenters. The monoisotopic (exact) mass is 332 g/mol. The third kappa shape index (κ3) is 1.86. The van der Waals surface area contributed by atoms with Gasteiger partial charge >= 0.3 is 0 Å². The van der Waals surface area contributed by atoms with Crippen LogP contribution in [0.4, 0.5) is 0 Å². The second kappa shape index (κ2) is 5.10. The number of ketones is 1. The van der Waals surface area contributed by atoms with E-state index in [0.717, 1.165) is 43.1 Å². The van der Waals surface area contributed by atoms with Crippen molar-refractivity contribution in [1.29, 1.82) is 0 Å². The Labute approximate surface area is 143 Å². The topological polar surface area (TPSA) is 77.8 Å². The Hall–Kier alpha value is -1.29. The van der Waals surface area contributed by atoms with E-state index in [2.05, 4.69) is 13.8 Å². The van der Waals surface area contributed by atoms with Crippen molar-refractivity contribution in [3.8, 4) is 0 Å². The van der Waals surface area contributed by atoms with Crippen molar-refractivity contribution < 1.29 is 20.1 Å². The van der Waals surface area contributed by atoms with Crippen LogP contribution in [0, 0.1) is 28.6 Å². The first kappa shape index (κ1) is 16.2. The van der Waals surface area contributed by atoms with E-state index in [1.54, 1.807) is 0 Å². The molecule has 24 heavy (non-hydrogen) atoms. The fourth-order valence-corrected chi connectivity index (χ4v) is 6.67. The van der Waals surface area contributed by atoms with Gasteiger partial charge in [-0.25, -0.2) is 0 Å². The minimum Gasteiger partial charge on any atom is -0.515 e. The highest BCUT2D eigenvalue weighted by Crippen LogP contribution is 2.66.